The number of aliphatic hydroxyl groups excluding tert-OH is 1. The van der Waals surface area contributed by atoms with E-state index in [0.717, 1.165) is 18.8 Å². The van der Waals surface area contributed by atoms with Crippen molar-refractivity contribution in [1.82, 2.24) is 14.9 Å². The van der Waals surface area contributed by atoms with E-state index in [0.29, 0.717) is 18.2 Å². The van der Waals surface area contributed by atoms with Gasteiger partial charge in [0.05, 0.1) is 12.2 Å². The van der Waals surface area contributed by atoms with E-state index in [1.807, 2.05) is 12.1 Å². The summed E-state index contributed by atoms with van der Waals surface area (Å²) < 4.78 is 7.83. The van der Waals surface area contributed by atoms with Gasteiger partial charge in [-0.1, -0.05) is 20.8 Å². The van der Waals surface area contributed by atoms with Gasteiger partial charge < -0.3 is 19.4 Å². The fourth-order valence-corrected chi connectivity index (χ4v) is 3.10. The van der Waals surface area contributed by atoms with Gasteiger partial charge in [0.25, 0.3) is 0 Å². The van der Waals surface area contributed by atoms with Crippen LogP contribution >= 0.6 is 0 Å². The first-order valence-electron chi connectivity index (χ1n) is 8.44. The number of aliphatic hydroxyl groups is 1. The zero-order chi connectivity index (χ0) is 16.4. The summed E-state index contributed by atoms with van der Waals surface area (Å²) in [5.74, 6) is 3.14. The van der Waals surface area contributed by atoms with Crippen molar-refractivity contribution in [2.45, 2.75) is 64.6 Å². The number of nitrogens with one attached hydrogen (secondary N) is 1. The second-order valence-corrected chi connectivity index (χ2v) is 7.42. The summed E-state index contributed by atoms with van der Waals surface area (Å²) in [6, 6.07) is 3.73. The number of furan rings is 1. The number of imidazole rings is 1. The van der Waals surface area contributed by atoms with Crippen LogP contribution in [0.2, 0.25) is 0 Å². The van der Waals surface area contributed by atoms with Crippen LogP contribution in [0.3, 0.4) is 0 Å². The third-order valence-electron chi connectivity index (χ3n) is 4.46. The van der Waals surface area contributed by atoms with Crippen molar-refractivity contribution in [1.29, 1.82) is 0 Å². The topological polar surface area (TPSA) is 63.2 Å². The molecule has 5 nitrogen and oxygen atoms in total. The largest absolute Gasteiger partial charge is 0.462 e. The summed E-state index contributed by atoms with van der Waals surface area (Å²) in [7, 11) is 0. The van der Waals surface area contributed by atoms with Gasteiger partial charge >= 0.3 is 0 Å². The Kier molecular flexibility index (Phi) is 4.60. The Bertz CT molecular complexity index is 652. The predicted octanol–water partition coefficient (Wildman–Crippen LogP) is 2.93. The molecule has 0 bridgehead atoms. The molecule has 0 radical (unpaired) electrons. The summed E-state index contributed by atoms with van der Waals surface area (Å²) in [5.41, 5.74) is 1.27. The first kappa shape index (κ1) is 16.3. The second-order valence-electron chi connectivity index (χ2n) is 7.42. The number of nitrogens with zero attached hydrogens (tertiary/aromatic N) is 2. The third-order valence-corrected chi connectivity index (χ3v) is 4.46. The van der Waals surface area contributed by atoms with Crippen LogP contribution in [0.4, 0.5) is 0 Å². The first-order valence-corrected chi connectivity index (χ1v) is 8.44. The van der Waals surface area contributed by atoms with Gasteiger partial charge in [0, 0.05) is 30.6 Å². The third kappa shape index (κ3) is 3.67. The normalized spacial score (nSPS) is 18.2. The Morgan fingerprint density at radius 3 is 2.83 bits per heavy atom. The predicted molar refractivity (Wildman–Crippen MR) is 89.2 cm³/mol. The van der Waals surface area contributed by atoms with E-state index in [9.17, 15) is 0 Å². The van der Waals surface area contributed by atoms with E-state index in [4.69, 9.17) is 14.5 Å². The highest BCUT2D eigenvalue weighted by molar-refractivity contribution is 5.17. The van der Waals surface area contributed by atoms with Crippen molar-refractivity contribution < 1.29 is 9.52 Å². The molecule has 2 aromatic rings. The molecule has 23 heavy (non-hydrogen) atoms. The molecule has 0 saturated carbocycles. The molecule has 126 valence electrons. The molecule has 1 aliphatic rings. The highest BCUT2D eigenvalue weighted by atomic mass is 16.4. The molecule has 0 aromatic carbocycles. The summed E-state index contributed by atoms with van der Waals surface area (Å²) >= 11 is 0. The van der Waals surface area contributed by atoms with Crippen molar-refractivity contribution in [3.63, 3.8) is 0 Å². The molecular formula is C18H27N3O2. The average molecular weight is 317 g/mol. The van der Waals surface area contributed by atoms with Crippen LogP contribution in [0.25, 0.3) is 0 Å². The van der Waals surface area contributed by atoms with Crippen molar-refractivity contribution in [2.75, 3.05) is 6.54 Å². The molecule has 3 rings (SSSR count). The van der Waals surface area contributed by atoms with Gasteiger partial charge in [0.15, 0.2) is 0 Å². The maximum atomic E-state index is 9.03. The average Bonchev–Trinajstić information content (AvgIpc) is 3.13. The lowest BCUT2D eigenvalue weighted by Crippen LogP contribution is -2.26. The number of fused-ring (bicyclic) bond motifs is 1. The number of aromatic nitrogens is 2. The zero-order valence-electron chi connectivity index (χ0n) is 14.3. The minimum atomic E-state index is -0.0460. The Hall–Kier alpha value is -1.59. The molecule has 1 aliphatic heterocycles. The fraction of sp³-hybridized carbons (Fsp3) is 0.611. The van der Waals surface area contributed by atoms with Crippen molar-refractivity contribution in [3.05, 3.63) is 41.4 Å². The lowest BCUT2D eigenvalue weighted by Gasteiger charge is -2.23. The summed E-state index contributed by atoms with van der Waals surface area (Å²) in [4.78, 5) is 4.91. The maximum absolute atomic E-state index is 9.03. The van der Waals surface area contributed by atoms with E-state index in [-0.39, 0.29) is 12.0 Å². The fourth-order valence-electron chi connectivity index (χ4n) is 3.10. The molecule has 5 heteroatoms. The highest BCUT2D eigenvalue weighted by Gasteiger charge is 2.26. The van der Waals surface area contributed by atoms with E-state index < -0.39 is 0 Å². The Morgan fingerprint density at radius 2 is 2.13 bits per heavy atom. The van der Waals surface area contributed by atoms with E-state index >= 15 is 0 Å². The molecular weight excluding hydrogens is 290 g/mol. The first-order chi connectivity index (χ1) is 11.0. The summed E-state index contributed by atoms with van der Waals surface area (Å²) in [6.45, 7) is 9.25. The Balaban J connectivity index is 1.62. The maximum Gasteiger partial charge on any atom is 0.129 e. The quantitative estimate of drug-likeness (QED) is 0.890. The van der Waals surface area contributed by atoms with Crippen molar-refractivity contribution in [2.24, 2.45) is 0 Å². The van der Waals surface area contributed by atoms with Crippen LogP contribution in [0, 0.1) is 0 Å². The monoisotopic (exact) mass is 317 g/mol. The van der Waals surface area contributed by atoms with Gasteiger partial charge in [-0.25, -0.2) is 4.98 Å². The molecule has 1 atom stereocenters. The standard InChI is InChI=1S/C18H27N3O2/c1-18(2,3)16-11-21-8-4-5-13(17(21)20-16)9-19-10-14-6-7-15(12-22)23-14/h6-7,11,13,19,22H,4-5,8-10,12H2,1-3H3/t13-/m0/s1. The minimum absolute atomic E-state index is 0.0460. The van der Waals surface area contributed by atoms with Crippen molar-refractivity contribution in [3.8, 4) is 0 Å². The molecule has 2 N–H and O–H groups in total. The van der Waals surface area contributed by atoms with Gasteiger partial charge in [-0.2, -0.15) is 0 Å². The number of hydrogen-bond donors (Lipinski definition) is 2. The molecule has 0 fully saturated rings. The SMILES string of the molecule is CC(C)(C)c1cn2c(n1)[C@H](CNCc1ccc(CO)o1)CCC2. The smallest absolute Gasteiger partial charge is 0.129 e. The van der Waals surface area contributed by atoms with Gasteiger partial charge in [0.1, 0.15) is 24.0 Å². The van der Waals surface area contributed by atoms with Crippen molar-refractivity contribution >= 4 is 0 Å². The van der Waals surface area contributed by atoms with Crippen LogP contribution in [0.15, 0.2) is 22.7 Å². The Labute approximate surface area is 137 Å². The summed E-state index contributed by atoms with van der Waals surface area (Å²) in [5, 5.41) is 12.5. The molecule has 2 aromatic heterocycles. The molecule has 0 amide bonds. The molecule has 3 heterocycles. The van der Waals surface area contributed by atoms with Crippen LogP contribution in [0.1, 0.15) is 62.6 Å². The lowest BCUT2D eigenvalue weighted by atomic mass is 9.93. The summed E-state index contributed by atoms with van der Waals surface area (Å²) in [6.07, 6.45) is 4.60. The number of rotatable bonds is 5. The second kappa shape index (κ2) is 6.49. The van der Waals surface area contributed by atoms with E-state index in [2.05, 4.69) is 36.9 Å². The van der Waals surface area contributed by atoms with Crippen LogP contribution in [-0.2, 0) is 25.1 Å². The van der Waals surface area contributed by atoms with Gasteiger partial charge in [-0.05, 0) is 25.0 Å². The van der Waals surface area contributed by atoms with E-state index in [1.54, 1.807) is 0 Å². The lowest BCUT2D eigenvalue weighted by molar-refractivity contribution is 0.242. The number of aryl methyl sites for hydroxylation is 1. The van der Waals surface area contributed by atoms with Gasteiger partial charge in [-0.3, -0.25) is 0 Å². The minimum Gasteiger partial charge on any atom is -0.462 e. The zero-order valence-corrected chi connectivity index (χ0v) is 14.3. The molecule has 0 unspecified atom stereocenters. The van der Waals surface area contributed by atoms with Crippen LogP contribution in [-0.4, -0.2) is 21.2 Å². The Morgan fingerprint density at radius 1 is 1.35 bits per heavy atom. The van der Waals surface area contributed by atoms with E-state index in [1.165, 1.54) is 24.4 Å². The highest BCUT2D eigenvalue weighted by Crippen LogP contribution is 2.30. The number of hydrogen-bond acceptors (Lipinski definition) is 4. The molecule has 0 spiro atoms. The molecule has 0 aliphatic carbocycles. The van der Waals surface area contributed by atoms with Gasteiger partial charge in [0.2, 0.25) is 0 Å². The van der Waals surface area contributed by atoms with Gasteiger partial charge in [-0.15, -0.1) is 0 Å². The van der Waals surface area contributed by atoms with Crippen LogP contribution in [0.5, 0.6) is 0 Å². The van der Waals surface area contributed by atoms with Crippen LogP contribution < -0.4 is 5.32 Å². The molecule has 0 saturated heterocycles.